The van der Waals surface area contributed by atoms with E-state index in [1.54, 1.807) is 0 Å². The summed E-state index contributed by atoms with van der Waals surface area (Å²) in [4.78, 5) is 10.8. The van der Waals surface area contributed by atoms with E-state index in [1.165, 1.54) is 6.92 Å². The molecule has 0 aromatic heterocycles. The first-order chi connectivity index (χ1) is 6.79. The second-order valence-electron chi connectivity index (χ2n) is 2.37. The summed E-state index contributed by atoms with van der Waals surface area (Å²) in [6.07, 6.45) is -4.89. The minimum absolute atomic E-state index is 0.227. The van der Waals surface area contributed by atoms with Crippen LogP contribution in [0.4, 0.5) is 13.2 Å². The van der Waals surface area contributed by atoms with Crippen molar-refractivity contribution in [2.75, 3.05) is 13.2 Å². The lowest BCUT2D eigenvalue weighted by Crippen LogP contribution is -2.35. The molecule has 0 saturated heterocycles. The maximum atomic E-state index is 12.2. The average molecular weight is 250 g/mol. The number of thiol groups is 1. The molecule has 0 aromatic carbocycles. The fourth-order valence-corrected chi connectivity index (χ4v) is 0.945. The SMILES string of the molecule is CCOC(=O)[C@@H](CO[SH](=O)=O)C(F)(F)F. The monoisotopic (exact) mass is 250 g/mol. The molecule has 0 bridgehead atoms. The van der Waals surface area contributed by atoms with Crippen molar-refractivity contribution in [3.8, 4) is 0 Å². The molecule has 9 heteroatoms. The number of rotatable bonds is 5. The van der Waals surface area contributed by atoms with Gasteiger partial charge in [-0.05, 0) is 6.92 Å². The quantitative estimate of drug-likeness (QED) is 0.560. The Morgan fingerprint density at radius 1 is 1.40 bits per heavy atom. The van der Waals surface area contributed by atoms with E-state index < -0.39 is 35.7 Å². The largest absolute Gasteiger partial charge is 0.465 e. The van der Waals surface area contributed by atoms with Crippen LogP contribution in [0.1, 0.15) is 6.92 Å². The Balaban J connectivity index is 4.51. The molecule has 0 aliphatic heterocycles. The fraction of sp³-hybridized carbons (Fsp3) is 0.833. The third-order valence-corrected chi connectivity index (χ3v) is 1.67. The molecule has 0 aliphatic carbocycles. The van der Waals surface area contributed by atoms with Crippen LogP contribution >= 0.6 is 0 Å². The van der Waals surface area contributed by atoms with E-state index in [9.17, 15) is 26.4 Å². The summed E-state index contributed by atoms with van der Waals surface area (Å²) in [5.74, 6) is -4.13. The number of hydrogen-bond acceptors (Lipinski definition) is 5. The highest BCUT2D eigenvalue weighted by Gasteiger charge is 2.46. The van der Waals surface area contributed by atoms with Crippen LogP contribution < -0.4 is 0 Å². The first-order valence-electron chi connectivity index (χ1n) is 3.79. The van der Waals surface area contributed by atoms with Crippen LogP contribution in [0.3, 0.4) is 0 Å². The molecule has 0 aromatic rings. The zero-order chi connectivity index (χ0) is 12.1. The molecule has 0 rings (SSSR count). The molecule has 0 fully saturated rings. The van der Waals surface area contributed by atoms with E-state index in [4.69, 9.17) is 0 Å². The van der Waals surface area contributed by atoms with Crippen molar-refractivity contribution < 1.29 is 35.3 Å². The summed E-state index contributed by atoms with van der Waals surface area (Å²) < 4.78 is 64.2. The van der Waals surface area contributed by atoms with Crippen LogP contribution in [0, 0.1) is 5.92 Å². The molecule has 15 heavy (non-hydrogen) atoms. The molecule has 0 amide bonds. The van der Waals surface area contributed by atoms with Gasteiger partial charge in [0.25, 0.3) is 11.0 Å². The molecule has 0 saturated carbocycles. The zero-order valence-electron chi connectivity index (χ0n) is 7.61. The van der Waals surface area contributed by atoms with E-state index in [-0.39, 0.29) is 6.61 Å². The first kappa shape index (κ1) is 14.2. The maximum Gasteiger partial charge on any atom is 0.404 e. The number of alkyl halides is 3. The molecule has 0 aliphatic rings. The lowest BCUT2D eigenvalue weighted by molar-refractivity contribution is -0.201. The molecule has 1 atom stereocenters. The van der Waals surface area contributed by atoms with Crippen LogP contribution in [0.5, 0.6) is 0 Å². The van der Waals surface area contributed by atoms with Gasteiger partial charge in [0, 0.05) is 0 Å². The predicted molar refractivity (Wildman–Crippen MR) is 42.4 cm³/mol. The Bertz CT molecular complexity index is 277. The topological polar surface area (TPSA) is 69.7 Å². The molecule has 0 heterocycles. The number of carbonyl (C=O) groups is 1. The van der Waals surface area contributed by atoms with Gasteiger partial charge in [0.15, 0.2) is 5.92 Å². The van der Waals surface area contributed by atoms with Gasteiger partial charge in [-0.2, -0.15) is 13.2 Å². The normalized spacial score (nSPS) is 13.9. The summed E-state index contributed by atoms with van der Waals surface area (Å²) in [7, 11) is -3.42. The van der Waals surface area contributed by atoms with Crippen LogP contribution in [-0.2, 0) is 24.7 Å². The van der Waals surface area contributed by atoms with Crippen LogP contribution in [0.15, 0.2) is 0 Å². The average Bonchev–Trinajstić information content (AvgIpc) is 2.01. The Morgan fingerprint density at radius 3 is 2.27 bits per heavy atom. The molecule has 0 radical (unpaired) electrons. The Morgan fingerprint density at radius 2 is 1.93 bits per heavy atom. The lowest BCUT2D eigenvalue weighted by atomic mass is 10.1. The van der Waals surface area contributed by atoms with Crippen molar-refractivity contribution in [2.45, 2.75) is 13.1 Å². The minimum atomic E-state index is -4.89. The summed E-state index contributed by atoms with van der Waals surface area (Å²) >= 11 is 0. The van der Waals surface area contributed by atoms with Gasteiger partial charge in [0.1, 0.15) is 0 Å². The summed E-state index contributed by atoms with van der Waals surface area (Å²) in [5, 5.41) is 0. The second kappa shape index (κ2) is 5.91. The summed E-state index contributed by atoms with van der Waals surface area (Å²) in [5.41, 5.74) is 0. The minimum Gasteiger partial charge on any atom is -0.465 e. The highest BCUT2D eigenvalue weighted by atomic mass is 32.2. The smallest absolute Gasteiger partial charge is 0.404 e. The highest BCUT2D eigenvalue weighted by molar-refractivity contribution is 7.67. The Kier molecular flexibility index (Phi) is 5.58. The van der Waals surface area contributed by atoms with E-state index in [0.717, 1.165) is 0 Å². The van der Waals surface area contributed by atoms with Crippen molar-refractivity contribution in [3.05, 3.63) is 0 Å². The van der Waals surface area contributed by atoms with E-state index in [2.05, 4.69) is 8.92 Å². The standard InChI is InChI=1S/C6H9F3O5S/c1-2-13-5(10)4(6(7,8)9)3-14-15(11)12/h4,15H,2-3H2,1H3/t4-/m1/s1. The van der Waals surface area contributed by atoms with E-state index in [0.29, 0.717) is 0 Å². The second-order valence-corrected chi connectivity index (χ2v) is 3.07. The molecular formula is C6H9F3O5S. The third-order valence-electron chi connectivity index (χ3n) is 1.31. The van der Waals surface area contributed by atoms with Gasteiger partial charge >= 0.3 is 12.1 Å². The molecule has 0 spiro atoms. The van der Waals surface area contributed by atoms with Gasteiger partial charge in [-0.25, -0.2) is 8.42 Å². The van der Waals surface area contributed by atoms with Crippen molar-refractivity contribution in [1.29, 1.82) is 0 Å². The van der Waals surface area contributed by atoms with E-state index in [1.807, 2.05) is 0 Å². The highest BCUT2D eigenvalue weighted by Crippen LogP contribution is 2.27. The van der Waals surface area contributed by atoms with E-state index >= 15 is 0 Å². The number of halogens is 3. The van der Waals surface area contributed by atoms with Crippen LogP contribution in [0.25, 0.3) is 0 Å². The number of ether oxygens (including phenoxy) is 1. The molecule has 0 N–H and O–H groups in total. The summed E-state index contributed by atoms with van der Waals surface area (Å²) in [6, 6.07) is 0. The lowest BCUT2D eigenvalue weighted by Gasteiger charge is -2.16. The van der Waals surface area contributed by atoms with Gasteiger partial charge in [-0.1, -0.05) is 0 Å². The van der Waals surface area contributed by atoms with Crippen molar-refractivity contribution >= 4 is 17.0 Å². The van der Waals surface area contributed by atoms with Crippen LogP contribution in [0.2, 0.25) is 0 Å². The first-order valence-corrected chi connectivity index (χ1v) is 4.89. The molecule has 90 valence electrons. The predicted octanol–water partition coefficient (Wildman–Crippen LogP) is 0.271. The molecule has 0 unspecified atom stereocenters. The van der Waals surface area contributed by atoms with Crippen molar-refractivity contribution in [2.24, 2.45) is 5.92 Å². The maximum absolute atomic E-state index is 12.2. The number of hydrogen-bond donors (Lipinski definition) is 1. The fourth-order valence-electron chi connectivity index (χ4n) is 0.674. The zero-order valence-corrected chi connectivity index (χ0v) is 8.51. The Labute approximate surface area is 85.3 Å². The molecule has 5 nitrogen and oxygen atoms in total. The molecular weight excluding hydrogens is 241 g/mol. The van der Waals surface area contributed by atoms with Gasteiger partial charge in [-0.15, -0.1) is 0 Å². The number of carbonyl (C=O) groups excluding carboxylic acids is 1. The van der Waals surface area contributed by atoms with Gasteiger partial charge in [0.05, 0.1) is 13.2 Å². The van der Waals surface area contributed by atoms with Crippen molar-refractivity contribution in [1.82, 2.24) is 0 Å². The Hall–Kier alpha value is -0.830. The van der Waals surface area contributed by atoms with Crippen LogP contribution in [-0.4, -0.2) is 33.8 Å². The van der Waals surface area contributed by atoms with Crippen molar-refractivity contribution in [3.63, 3.8) is 0 Å². The summed E-state index contributed by atoms with van der Waals surface area (Å²) in [6.45, 7) is -0.184. The van der Waals surface area contributed by atoms with Gasteiger partial charge in [0.2, 0.25) is 0 Å². The van der Waals surface area contributed by atoms with Gasteiger partial charge < -0.3 is 4.74 Å². The third kappa shape index (κ3) is 5.57. The van der Waals surface area contributed by atoms with Gasteiger partial charge in [-0.3, -0.25) is 8.98 Å². The number of esters is 1.